The third kappa shape index (κ3) is 2.67. The summed E-state index contributed by atoms with van der Waals surface area (Å²) < 4.78 is 0. The summed E-state index contributed by atoms with van der Waals surface area (Å²) in [7, 11) is 0. The van der Waals surface area contributed by atoms with E-state index < -0.39 is 10.6 Å². The van der Waals surface area contributed by atoms with Crippen LogP contribution in [-0.4, -0.2) is 15.8 Å². The van der Waals surface area contributed by atoms with Crippen molar-refractivity contribution in [3.05, 3.63) is 64.4 Å². The van der Waals surface area contributed by atoms with Crippen LogP contribution in [0.15, 0.2) is 64.5 Å². The molecule has 0 heterocycles. The Morgan fingerprint density at radius 2 is 2.00 bits per heavy atom. The van der Waals surface area contributed by atoms with Crippen molar-refractivity contribution in [2.24, 2.45) is 10.2 Å². The fraction of sp³-hybridized carbons (Fsp3) is 0.167. The maximum absolute atomic E-state index is 10.6. The van der Waals surface area contributed by atoms with Crippen LogP contribution in [-0.2, 0) is 0 Å². The molecule has 6 heteroatoms. The van der Waals surface area contributed by atoms with Crippen LogP contribution >= 0.6 is 0 Å². The lowest BCUT2D eigenvalue weighted by Crippen LogP contribution is -2.36. The molecular weight excluding hydrogens is 234 g/mol. The van der Waals surface area contributed by atoms with Crippen molar-refractivity contribution in [3.8, 4) is 0 Å². The Morgan fingerprint density at radius 3 is 2.56 bits per heavy atom. The van der Waals surface area contributed by atoms with Crippen LogP contribution in [0.3, 0.4) is 0 Å². The van der Waals surface area contributed by atoms with Gasteiger partial charge in [0.25, 0.3) is 0 Å². The summed E-state index contributed by atoms with van der Waals surface area (Å²) in [6.07, 6.45) is 3.87. The van der Waals surface area contributed by atoms with Gasteiger partial charge >= 0.3 is 5.72 Å². The molecule has 2 rings (SSSR count). The van der Waals surface area contributed by atoms with E-state index in [4.69, 9.17) is 0 Å². The lowest BCUT2D eigenvalue weighted by atomic mass is 10.0. The number of allylic oxidation sites excluding steroid dienone is 1. The van der Waals surface area contributed by atoms with Crippen molar-refractivity contribution in [1.82, 2.24) is 0 Å². The van der Waals surface area contributed by atoms with Crippen LogP contribution in [0.5, 0.6) is 0 Å². The topological polar surface area (TPSA) is 88.1 Å². The van der Waals surface area contributed by atoms with Crippen molar-refractivity contribution in [3.63, 3.8) is 0 Å². The molecule has 1 aliphatic rings. The number of aliphatic hydroxyl groups is 1. The van der Waals surface area contributed by atoms with E-state index in [9.17, 15) is 15.2 Å². The smallest absolute Gasteiger partial charge is 0.327 e. The number of benzene rings is 1. The van der Waals surface area contributed by atoms with Crippen LogP contribution in [0.1, 0.15) is 6.42 Å². The number of azo groups is 1. The molecule has 0 bridgehead atoms. The van der Waals surface area contributed by atoms with Gasteiger partial charge in [-0.1, -0.05) is 18.2 Å². The third-order valence-electron chi connectivity index (χ3n) is 2.49. The van der Waals surface area contributed by atoms with Crippen molar-refractivity contribution >= 4 is 5.69 Å². The second-order valence-corrected chi connectivity index (χ2v) is 3.84. The Hall–Kier alpha value is -2.34. The van der Waals surface area contributed by atoms with Gasteiger partial charge in [0.2, 0.25) is 0 Å². The summed E-state index contributed by atoms with van der Waals surface area (Å²) >= 11 is 0. The second-order valence-electron chi connectivity index (χ2n) is 3.84. The van der Waals surface area contributed by atoms with Crippen LogP contribution in [0.25, 0.3) is 0 Å². The van der Waals surface area contributed by atoms with Crippen LogP contribution in [0, 0.1) is 10.1 Å². The standard InChI is InChI=1S/C12H11N3O3/c16-12(15(17)18)8-6-11(7-9-12)14-13-10-4-2-1-3-5-10/h1-8,16H,9H2. The van der Waals surface area contributed by atoms with E-state index in [1.165, 1.54) is 12.2 Å². The fourth-order valence-electron chi connectivity index (χ4n) is 1.43. The molecule has 1 atom stereocenters. The predicted molar refractivity (Wildman–Crippen MR) is 64.7 cm³/mol. The maximum Gasteiger partial charge on any atom is 0.345 e. The van der Waals surface area contributed by atoms with E-state index in [2.05, 4.69) is 10.2 Å². The minimum atomic E-state index is -2.02. The summed E-state index contributed by atoms with van der Waals surface area (Å²) in [5.74, 6) is 0. The predicted octanol–water partition coefficient (Wildman–Crippen LogP) is 2.58. The zero-order valence-corrected chi connectivity index (χ0v) is 9.43. The number of rotatable bonds is 3. The summed E-state index contributed by atoms with van der Waals surface area (Å²) in [5, 5.41) is 28.1. The first kappa shape index (κ1) is 12.1. The van der Waals surface area contributed by atoms with Crippen LogP contribution in [0.2, 0.25) is 0 Å². The zero-order valence-electron chi connectivity index (χ0n) is 9.43. The summed E-state index contributed by atoms with van der Waals surface area (Å²) in [6, 6.07) is 9.14. The lowest BCUT2D eigenvalue weighted by molar-refractivity contribution is -0.607. The van der Waals surface area contributed by atoms with Gasteiger partial charge in [0.05, 0.1) is 22.7 Å². The molecule has 18 heavy (non-hydrogen) atoms. The number of nitro groups is 1. The van der Waals surface area contributed by atoms with Gasteiger partial charge in [-0.15, -0.1) is 0 Å². The molecule has 0 fully saturated rings. The minimum absolute atomic E-state index is 0.111. The van der Waals surface area contributed by atoms with E-state index in [1.807, 2.05) is 18.2 Å². The molecule has 0 spiro atoms. The first-order chi connectivity index (χ1) is 8.60. The quantitative estimate of drug-likeness (QED) is 0.384. The molecule has 1 aliphatic carbocycles. The molecule has 92 valence electrons. The first-order valence-electron chi connectivity index (χ1n) is 5.33. The first-order valence-corrected chi connectivity index (χ1v) is 5.33. The van der Waals surface area contributed by atoms with E-state index in [0.717, 1.165) is 6.08 Å². The summed E-state index contributed by atoms with van der Waals surface area (Å²) in [6.45, 7) is 0. The van der Waals surface area contributed by atoms with Gasteiger partial charge in [0.15, 0.2) is 0 Å². The van der Waals surface area contributed by atoms with Gasteiger partial charge in [-0.25, -0.2) is 0 Å². The fourth-order valence-corrected chi connectivity index (χ4v) is 1.43. The van der Waals surface area contributed by atoms with E-state index in [0.29, 0.717) is 11.4 Å². The highest BCUT2D eigenvalue weighted by Gasteiger charge is 2.37. The molecule has 1 unspecified atom stereocenters. The minimum Gasteiger partial charge on any atom is -0.327 e. The molecule has 0 saturated heterocycles. The van der Waals surface area contributed by atoms with Crippen LogP contribution < -0.4 is 0 Å². The Labute approximate surface area is 103 Å². The van der Waals surface area contributed by atoms with E-state index in [1.54, 1.807) is 12.1 Å². The Kier molecular flexibility index (Phi) is 3.29. The zero-order chi connectivity index (χ0) is 13.0. The molecular formula is C12H11N3O3. The Bertz CT molecular complexity index is 537. The summed E-state index contributed by atoms with van der Waals surface area (Å²) in [4.78, 5) is 9.85. The highest BCUT2D eigenvalue weighted by molar-refractivity contribution is 5.35. The molecule has 1 N–H and O–H groups in total. The monoisotopic (exact) mass is 245 g/mol. The molecule has 6 nitrogen and oxygen atoms in total. The third-order valence-corrected chi connectivity index (χ3v) is 2.49. The highest BCUT2D eigenvalue weighted by Crippen LogP contribution is 2.23. The van der Waals surface area contributed by atoms with Crippen molar-refractivity contribution in [1.29, 1.82) is 0 Å². The number of hydrogen-bond acceptors (Lipinski definition) is 5. The van der Waals surface area contributed by atoms with Gasteiger partial charge in [-0.2, -0.15) is 10.2 Å². The Balaban J connectivity index is 2.07. The van der Waals surface area contributed by atoms with E-state index in [-0.39, 0.29) is 6.42 Å². The SMILES string of the molecule is O=[N+]([O-])C1(O)C=CC(N=Nc2ccccc2)=CC1. The van der Waals surface area contributed by atoms with Gasteiger partial charge in [-0.3, -0.25) is 10.1 Å². The van der Waals surface area contributed by atoms with Gasteiger partial charge in [0.1, 0.15) is 0 Å². The highest BCUT2D eigenvalue weighted by atomic mass is 16.7. The normalized spacial score (nSPS) is 23.1. The van der Waals surface area contributed by atoms with Crippen molar-refractivity contribution in [2.45, 2.75) is 12.1 Å². The van der Waals surface area contributed by atoms with Crippen molar-refractivity contribution < 1.29 is 10.0 Å². The molecule has 1 aromatic rings. The Morgan fingerprint density at radius 1 is 1.28 bits per heavy atom. The number of nitrogens with zero attached hydrogens (tertiary/aromatic N) is 3. The van der Waals surface area contributed by atoms with Crippen LogP contribution in [0.4, 0.5) is 5.69 Å². The van der Waals surface area contributed by atoms with Gasteiger partial charge in [0, 0.05) is 6.08 Å². The number of hydrogen-bond donors (Lipinski definition) is 1. The molecule has 0 radical (unpaired) electrons. The second kappa shape index (κ2) is 4.89. The van der Waals surface area contributed by atoms with E-state index >= 15 is 0 Å². The molecule has 0 aromatic heterocycles. The molecule has 0 amide bonds. The van der Waals surface area contributed by atoms with Crippen molar-refractivity contribution in [2.75, 3.05) is 0 Å². The van der Waals surface area contributed by atoms with Gasteiger partial charge < -0.3 is 5.11 Å². The lowest BCUT2D eigenvalue weighted by Gasteiger charge is -2.15. The molecule has 0 aliphatic heterocycles. The largest absolute Gasteiger partial charge is 0.345 e. The molecule has 1 aromatic carbocycles. The average molecular weight is 245 g/mol. The average Bonchev–Trinajstić information content (AvgIpc) is 2.39. The summed E-state index contributed by atoms with van der Waals surface area (Å²) in [5.41, 5.74) is -0.835. The maximum atomic E-state index is 10.6. The van der Waals surface area contributed by atoms with Gasteiger partial charge in [-0.05, 0) is 24.3 Å². The molecule has 0 saturated carbocycles.